The van der Waals surface area contributed by atoms with Gasteiger partial charge < -0.3 is 16.2 Å². The normalized spacial score (nSPS) is 13.9. The number of aromatic nitrogens is 1. The van der Waals surface area contributed by atoms with Crippen LogP contribution in [0, 0.1) is 11.3 Å². The number of nitrogens with two attached hydrogens (primary N) is 1. The van der Waals surface area contributed by atoms with E-state index in [0.717, 1.165) is 0 Å². The Morgan fingerprint density at radius 1 is 1.62 bits per heavy atom. The summed E-state index contributed by atoms with van der Waals surface area (Å²) in [4.78, 5) is 15.2. The molecule has 0 bridgehead atoms. The summed E-state index contributed by atoms with van der Waals surface area (Å²) in [6, 6.07) is 1.81. The van der Waals surface area contributed by atoms with E-state index in [1.165, 1.54) is 0 Å². The van der Waals surface area contributed by atoms with Gasteiger partial charge in [-0.2, -0.15) is 5.26 Å². The number of nitrogens with zero attached hydrogens (tertiary/aromatic N) is 2. The summed E-state index contributed by atoms with van der Waals surface area (Å²) in [5, 5.41) is 21.1. The minimum atomic E-state index is -1.12. The Hall–Kier alpha value is -2.13. The first-order valence-electron chi connectivity index (χ1n) is 4.80. The van der Waals surface area contributed by atoms with E-state index in [0.29, 0.717) is 30.8 Å². The fraction of sp³-hybridized carbons (Fsp3) is 0.300. The van der Waals surface area contributed by atoms with Crippen LogP contribution in [0.2, 0.25) is 0 Å². The van der Waals surface area contributed by atoms with Crippen LogP contribution in [0.1, 0.15) is 27.2 Å². The number of nitriles is 1. The molecule has 1 aromatic rings. The van der Waals surface area contributed by atoms with Crippen molar-refractivity contribution in [3.63, 3.8) is 0 Å². The van der Waals surface area contributed by atoms with Gasteiger partial charge in [-0.05, 0) is 18.5 Å². The van der Waals surface area contributed by atoms with Crippen molar-refractivity contribution in [2.24, 2.45) is 0 Å². The Labute approximate surface area is 91.7 Å². The van der Waals surface area contributed by atoms with Gasteiger partial charge in [0.2, 0.25) is 0 Å². The van der Waals surface area contributed by atoms with Crippen LogP contribution < -0.4 is 11.1 Å². The predicted octanol–water partition coefficient (Wildman–Crippen LogP) is -0.121. The van der Waals surface area contributed by atoms with E-state index in [1.807, 2.05) is 0 Å². The predicted molar refractivity (Wildman–Crippen MR) is 55.7 cm³/mol. The number of nitrogen functional groups attached to an aromatic ring is 1. The maximum atomic E-state index is 11.1. The third-order valence-corrected chi connectivity index (χ3v) is 2.58. The third-order valence-electron chi connectivity index (χ3n) is 2.58. The summed E-state index contributed by atoms with van der Waals surface area (Å²) in [5.74, 6) is -1.13. The number of carboxylic acids is 1. The number of hydrogen-bond donors (Lipinski definition) is 3. The van der Waals surface area contributed by atoms with E-state index in [4.69, 9.17) is 16.1 Å². The maximum Gasteiger partial charge on any atom is 0.337 e. The van der Waals surface area contributed by atoms with E-state index in [1.54, 1.807) is 6.07 Å². The molecule has 4 N–H and O–H groups in total. The van der Waals surface area contributed by atoms with Gasteiger partial charge in [0, 0.05) is 6.54 Å². The van der Waals surface area contributed by atoms with Crippen LogP contribution in [0.5, 0.6) is 0 Å². The largest absolute Gasteiger partial charge is 0.478 e. The molecule has 6 heteroatoms. The molecule has 0 aliphatic carbocycles. The van der Waals surface area contributed by atoms with Crippen molar-refractivity contribution < 1.29 is 9.90 Å². The van der Waals surface area contributed by atoms with Gasteiger partial charge in [-0.15, -0.1) is 0 Å². The van der Waals surface area contributed by atoms with Gasteiger partial charge in [0.1, 0.15) is 17.5 Å². The van der Waals surface area contributed by atoms with Gasteiger partial charge in [-0.25, -0.2) is 9.78 Å². The van der Waals surface area contributed by atoms with Crippen molar-refractivity contribution in [3.05, 3.63) is 22.4 Å². The van der Waals surface area contributed by atoms with Crippen LogP contribution in [0.25, 0.3) is 0 Å². The van der Waals surface area contributed by atoms with Crippen LogP contribution in [0.15, 0.2) is 0 Å². The van der Waals surface area contributed by atoms with Gasteiger partial charge in [-0.1, -0.05) is 0 Å². The molecule has 1 aliphatic rings. The second-order valence-electron chi connectivity index (χ2n) is 3.52. The topological polar surface area (TPSA) is 112 Å². The van der Waals surface area contributed by atoms with Crippen LogP contribution in [0.3, 0.4) is 0 Å². The van der Waals surface area contributed by atoms with Crippen molar-refractivity contribution in [2.75, 3.05) is 12.3 Å². The molecular formula is C10H10N4O2. The Morgan fingerprint density at radius 2 is 2.38 bits per heavy atom. The zero-order valence-corrected chi connectivity index (χ0v) is 8.45. The van der Waals surface area contributed by atoms with E-state index < -0.39 is 5.97 Å². The lowest BCUT2D eigenvalue weighted by molar-refractivity contribution is 0.0695. The summed E-state index contributed by atoms with van der Waals surface area (Å²) in [6.07, 6.45) is 0.554. The first-order chi connectivity index (χ1) is 7.65. The highest BCUT2D eigenvalue weighted by molar-refractivity contribution is 5.94. The molecular weight excluding hydrogens is 208 g/mol. The first kappa shape index (κ1) is 10.4. The fourth-order valence-corrected chi connectivity index (χ4v) is 1.88. The maximum absolute atomic E-state index is 11.1. The van der Waals surface area contributed by atoms with Gasteiger partial charge >= 0.3 is 5.97 Å². The highest BCUT2D eigenvalue weighted by atomic mass is 16.4. The third kappa shape index (κ3) is 1.47. The number of anilines is 1. The van der Waals surface area contributed by atoms with Crippen LogP contribution in [0.4, 0.5) is 5.82 Å². The molecule has 0 fully saturated rings. The molecule has 0 atom stereocenters. The molecule has 16 heavy (non-hydrogen) atoms. The molecule has 0 saturated heterocycles. The molecule has 2 heterocycles. The Bertz CT molecular complexity index is 505. The SMILES string of the molecule is N#Cc1c(N)nc2c(c1C(=O)O)CCNC2. The molecule has 0 saturated carbocycles. The summed E-state index contributed by atoms with van der Waals surface area (Å²) >= 11 is 0. The van der Waals surface area contributed by atoms with Crippen LogP contribution in [-0.2, 0) is 13.0 Å². The highest BCUT2D eigenvalue weighted by Gasteiger charge is 2.24. The molecule has 0 amide bonds. The molecule has 1 aromatic heterocycles. The monoisotopic (exact) mass is 218 g/mol. The number of nitrogens with one attached hydrogen (secondary N) is 1. The molecule has 2 rings (SSSR count). The summed E-state index contributed by atoms with van der Waals surface area (Å²) < 4.78 is 0. The zero-order chi connectivity index (χ0) is 11.7. The molecule has 1 aliphatic heterocycles. The van der Waals surface area contributed by atoms with E-state index >= 15 is 0 Å². The van der Waals surface area contributed by atoms with Crippen molar-refractivity contribution >= 4 is 11.8 Å². The number of fused-ring (bicyclic) bond motifs is 1. The van der Waals surface area contributed by atoms with E-state index in [-0.39, 0.29) is 16.9 Å². The van der Waals surface area contributed by atoms with Crippen LogP contribution >= 0.6 is 0 Å². The molecule has 82 valence electrons. The van der Waals surface area contributed by atoms with Crippen molar-refractivity contribution in [1.29, 1.82) is 5.26 Å². The van der Waals surface area contributed by atoms with Crippen molar-refractivity contribution in [3.8, 4) is 6.07 Å². The van der Waals surface area contributed by atoms with Gasteiger partial charge in [-0.3, -0.25) is 0 Å². The lowest BCUT2D eigenvalue weighted by Gasteiger charge is -2.19. The number of rotatable bonds is 1. The molecule has 0 aromatic carbocycles. The standard InChI is InChI=1S/C10H10N4O2/c11-3-6-8(10(15)16)5-1-2-13-4-7(5)14-9(6)12/h13H,1-2,4H2,(H2,12,14)(H,15,16). The number of aromatic carboxylic acids is 1. The average Bonchev–Trinajstić information content (AvgIpc) is 2.26. The Morgan fingerprint density at radius 3 is 3.00 bits per heavy atom. The van der Waals surface area contributed by atoms with Gasteiger partial charge in [0.25, 0.3) is 0 Å². The number of hydrogen-bond acceptors (Lipinski definition) is 5. The smallest absolute Gasteiger partial charge is 0.337 e. The number of pyridine rings is 1. The molecule has 0 spiro atoms. The summed E-state index contributed by atoms with van der Waals surface area (Å²) in [5.41, 5.74) is 6.79. The van der Waals surface area contributed by atoms with Gasteiger partial charge in [0.05, 0.1) is 11.3 Å². The quantitative estimate of drug-likeness (QED) is 0.605. The average molecular weight is 218 g/mol. The minimum Gasteiger partial charge on any atom is -0.478 e. The van der Waals surface area contributed by atoms with Crippen LogP contribution in [-0.4, -0.2) is 22.6 Å². The number of carbonyl (C=O) groups is 1. The zero-order valence-electron chi connectivity index (χ0n) is 8.45. The Kier molecular flexibility index (Phi) is 2.46. The Balaban J connectivity index is 2.75. The second kappa shape index (κ2) is 3.79. The van der Waals surface area contributed by atoms with Crippen molar-refractivity contribution in [1.82, 2.24) is 10.3 Å². The lowest BCUT2D eigenvalue weighted by Crippen LogP contribution is -2.28. The first-order valence-corrected chi connectivity index (χ1v) is 4.80. The highest BCUT2D eigenvalue weighted by Crippen LogP contribution is 2.24. The molecule has 0 unspecified atom stereocenters. The molecule has 0 radical (unpaired) electrons. The second-order valence-corrected chi connectivity index (χ2v) is 3.52. The van der Waals surface area contributed by atoms with E-state index in [9.17, 15) is 4.79 Å². The lowest BCUT2D eigenvalue weighted by atomic mass is 9.96. The molecule has 6 nitrogen and oxygen atoms in total. The fourth-order valence-electron chi connectivity index (χ4n) is 1.88. The van der Waals surface area contributed by atoms with Crippen molar-refractivity contribution in [2.45, 2.75) is 13.0 Å². The summed E-state index contributed by atoms with van der Waals surface area (Å²) in [7, 11) is 0. The minimum absolute atomic E-state index is 0.00602. The van der Waals surface area contributed by atoms with Gasteiger partial charge in [0.15, 0.2) is 0 Å². The summed E-state index contributed by atoms with van der Waals surface area (Å²) in [6.45, 7) is 1.18. The van der Waals surface area contributed by atoms with E-state index in [2.05, 4.69) is 10.3 Å². The number of carboxylic acid groups (broad SMARTS) is 1.